The minimum Gasteiger partial charge on any atom is -0.341 e. The van der Waals surface area contributed by atoms with Gasteiger partial charge in [0, 0.05) is 37.9 Å². The molecule has 3 rings (SSSR count). The number of likely N-dealkylation sites (tertiary alicyclic amines) is 1. The number of nitrogens with zero attached hydrogens (tertiary/aromatic N) is 5. The smallest absolute Gasteiger partial charge is 0.341 e. The van der Waals surface area contributed by atoms with Gasteiger partial charge in [-0.1, -0.05) is 56.6 Å². The van der Waals surface area contributed by atoms with Gasteiger partial charge < -0.3 is 10.2 Å². The van der Waals surface area contributed by atoms with E-state index in [1.807, 2.05) is 18.3 Å². The first-order chi connectivity index (χ1) is 17.3. The lowest BCUT2D eigenvalue weighted by atomic mass is 9.94. The van der Waals surface area contributed by atoms with Crippen LogP contribution in [0.4, 0.5) is 10.5 Å². The third-order valence-corrected chi connectivity index (χ3v) is 7.53. The van der Waals surface area contributed by atoms with Crippen molar-refractivity contribution in [2.75, 3.05) is 37.3 Å². The van der Waals surface area contributed by atoms with E-state index in [2.05, 4.69) is 46.0 Å². The fraction of sp³-hybridized carbons (Fsp3) is 0.577. The number of guanidine groups is 1. The lowest BCUT2D eigenvalue weighted by Crippen LogP contribution is -2.38. The van der Waals surface area contributed by atoms with E-state index < -0.39 is 6.03 Å². The summed E-state index contributed by atoms with van der Waals surface area (Å²) in [4.78, 5) is 42.1. The third kappa shape index (κ3) is 7.56. The summed E-state index contributed by atoms with van der Waals surface area (Å²) in [6.45, 7) is 8.64. The van der Waals surface area contributed by atoms with E-state index in [4.69, 9.17) is 11.6 Å². The van der Waals surface area contributed by atoms with Crippen LogP contribution in [-0.4, -0.2) is 66.6 Å². The summed E-state index contributed by atoms with van der Waals surface area (Å²) in [7, 11) is 1.79. The molecule has 0 radical (unpaired) electrons. The Morgan fingerprint density at radius 1 is 1.31 bits per heavy atom. The van der Waals surface area contributed by atoms with Crippen LogP contribution in [0.3, 0.4) is 0 Å². The molecule has 0 spiro atoms. The number of urea groups is 1. The van der Waals surface area contributed by atoms with E-state index in [-0.39, 0.29) is 17.6 Å². The molecule has 1 N–H and O–H groups in total. The number of amidine groups is 1. The van der Waals surface area contributed by atoms with Crippen molar-refractivity contribution < 1.29 is 9.59 Å². The van der Waals surface area contributed by atoms with E-state index in [9.17, 15) is 9.59 Å². The number of anilines is 1. The van der Waals surface area contributed by atoms with E-state index in [1.54, 1.807) is 13.1 Å². The highest BCUT2D eigenvalue weighted by Gasteiger charge is 2.32. The summed E-state index contributed by atoms with van der Waals surface area (Å²) in [5.41, 5.74) is 1.68. The van der Waals surface area contributed by atoms with Crippen LogP contribution in [0.5, 0.6) is 0 Å². The molecule has 2 saturated heterocycles. The highest BCUT2D eigenvalue weighted by atomic mass is 35.5. The highest BCUT2D eigenvalue weighted by Crippen LogP contribution is 2.35. The number of carbonyl (C=O) groups excluding carboxylic acids is 2. The zero-order chi connectivity index (χ0) is 26.1. The van der Waals surface area contributed by atoms with Crippen LogP contribution in [0.25, 0.3) is 0 Å². The maximum atomic E-state index is 12.7. The average Bonchev–Trinajstić information content (AvgIpc) is 3.21. The van der Waals surface area contributed by atoms with E-state index in [0.29, 0.717) is 28.3 Å². The molecule has 2 aliphatic heterocycles. The number of amides is 3. The number of unbranched alkanes of at least 4 members (excludes halogenated alkanes) is 1. The Morgan fingerprint density at radius 3 is 2.72 bits per heavy atom. The Labute approximate surface area is 223 Å². The van der Waals surface area contributed by atoms with Crippen molar-refractivity contribution in [2.24, 2.45) is 20.9 Å². The molecular weight excluding hydrogens is 496 g/mol. The number of hydrogen-bond donors (Lipinski definition) is 1. The monoisotopic (exact) mass is 532 g/mol. The molecule has 1 aromatic rings. The maximum absolute atomic E-state index is 12.7. The fourth-order valence-corrected chi connectivity index (χ4v) is 5.39. The Balaban J connectivity index is 1.53. The summed E-state index contributed by atoms with van der Waals surface area (Å²) in [6, 6.07) is 5.09. The van der Waals surface area contributed by atoms with Crippen molar-refractivity contribution in [1.29, 1.82) is 0 Å². The number of nitrogens with one attached hydrogen (secondary N) is 1. The molecule has 3 amide bonds. The number of benzene rings is 1. The summed E-state index contributed by atoms with van der Waals surface area (Å²) in [6.07, 6.45) is 6.95. The number of carbonyl (C=O) groups is 2. The molecule has 2 fully saturated rings. The molecule has 36 heavy (non-hydrogen) atoms. The molecule has 0 unspecified atom stereocenters. The number of aliphatic imine (C=N–C) groups is 3. The number of piperidine rings is 1. The summed E-state index contributed by atoms with van der Waals surface area (Å²) in [5, 5.41) is 3.84. The van der Waals surface area contributed by atoms with Gasteiger partial charge in [0.05, 0.1) is 11.4 Å². The van der Waals surface area contributed by atoms with Crippen molar-refractivity contribution in [3.63, 3.8) is 0 Å². The van der Waals surface area contributed by atoms with Gasteiger partial charge >= 0.3 is 6.03 Å². The highest BCUT2D eigenvalue weighted by molar-refractivity contribution is 8.15. The van der Waals surface area contributed by atoms with Gasteiger partial charge in [0.1, 0.15) is 0 Å². The van der Waals surface area contributed by atoms with E-state index in [0.717, 1.165) is 56.7 Å². The first kappa shape index (κ1) is 28.2. The lowest BCUT2D eigenvalue weighted by Gasteiger charge is -2.32. The number of halogens is 1. The van der Waals surface area contributed by atoms with Crippen LogP contribution < -0.4 is 10.2 Å². The van der Waals surface area contributed by atoms with Crippen LogP contribution in [0.2, 0.25) is 5.02 Å². The molecular formula is C26H37ClN6O2S. The summed E-state index contributed by atoms with van der Waals surface area (Å²) >= 11 is 7.50. The molecule has 0 saturated carbocycles. The van der Waals surface area contributed by atoms with Gasteiger partial charge in [-0.05, 0) is 55.2 Å². The molecule has 2 heterocycles. The second-order valence-corrected chi connectivity index (χ2v) is 10.7. The normalized spacial score (nSPS) is 18.8. The first-order valence-electron chi connectivity index (χ1n) is 12.7. The standard InChI is InChI=1S/C26H37ClN6O2S/c1-5-6-12-29-24(28-4)32-14-10-19(11-15-32)9-13-30-25(35)31-26-33(23(34)17-36-26)22-16-20(27)7-8-21(22)18(2)3/h7-8,12,16,18-19H,5-6,9-11,13-15,17H2,1-4H3,(H,30,35)/b28-24?,29-12-,31-26-. The molecule has 0 atom stereocenters. The van der Waals surface area contributed by atoms with Gasteiger partial charge in [-0.15, -0.1) is 0 Å². The number of rotatable bonds is 7. The van der Waals surface area contributed by atoms with E-state index in [1.165, 1.54) is 16.7 Å². The zero-order valence-electron chi connectivity index (χ0n) is 21.7. The maximum Gasteiger partial charge on any atom is 0.343 e. The lowest BCUT2D eigenvalue weighted by molar-refractivity contribution is -0.115. The van der Waals surface area contributed by atoms with Gasteiger partial charge in [0.15, 0.2) is 5.17 Å². The average molecular weight is 533 g/mol. The molecule has 0 aliphatic carbocycles. The predicted molar refractivity (Wildman–Crippen MR) is 152 cm³/mol. The van der Waals surface area contributed by atoms with Crippen molar-refractivity contribution in [3.8, 4) is 0 Å². The largest absolute Gasteiger partial charge is 0.343 e. The SMILES string of the molecule is CCC/C=N\C(=NC)N1CCC(CCNC(=O)/N=C2\SCC(=O)N2c2cc(Cl)ccc2C(C)C)CC1. The van der Waals surface area contributed by atoms with Crippen molar-refractivity contribution >= 4 is 58.3 Å². The molecule has 0 bridgehead atoms. The van der Waals surface area contributed by atoms with Crippen LogP contribution in [0, 0.1) is 5.92 Å². The Kier molecular flexibility index (Phi) is 10.8. The Bertz CT molecular complexity index is 1020. The van der Waals surface area contributed by atoms with Crippen molar-refractivity contribution in [3.05, 3.63) is 28.8 Å². The van der Waals surface area contributed by atoms with Gasteiger partial charge in [-0.25, -0.2) is 9.79 Å². The topological polar surface area (TPSA) is 89.7 Å². The van der Waals surface area contributed by atoms with Crippen LogP contribution in [-0.2, 0) is 4.79 Å². The van der Waals surface area contributed by atoms with Gasteiger partial charge in [-0.3, -0.25) is 14.7 Å². The summed E-state index contributed by atoms with van der Waals surface area (Å²) < 4.78 is 0. The first-order valence-corrected chi connectivity index (χ1v) is 14.1. The van der Waals surface area contributed by atoms with Crippen molar-refractivity contribution in [2.45, 2.75) is 58.8 Å². The third-order valence-electron chi connectivity index (χ3n) is 6.37. The molecule has 2 aliphatic rings. The van der Waals surface area contributed by atoms with Crippen LogP contribution in [0.15, 0.2) is 33.2 Å². The molecule has 1 aromatic carbocycles. The Morgan fingerprint density at radius 2 is 2.06 bits per heavy atom. The van der Waals surface area contributed by atoms with Gasteiger partial charge in [0.25, 0.3) is 0 Å². The van der Waals surface area contributed by atoms with Gasteiger partial charge in [0.2, 0.25) is 11.9 Å². The molecule has 10 heteroatoms. The fourth-order valence-electron chi connectivity index (χ4n) is 4.37. The minimum absolute atomic E-state index is 0.100. The minimum atomic E-state index is -0.423. The predicted octanol–water partition coefficient (Wildman–Crippen LogP) is 5.57. The van der Waals surface area contributed by atoms with Crippen LogP contribution in [0.1, 0.15) is 64.4 Å². The van der Waals surface area contributed by atoms with E-state index >= 15 is 0 Å². The number of thioether (sulfide) groups is 1. The molecule has 8 nitrogen and oxygen atoms in total. The molecule has 196 valence electrons. The Hall–Kier alpha value is -2.39. The van der Waals surface area contributed by atoms with Crippen molar-refractivity contribution in [1.82, 2.24) is 10.2 Å². The van der Waals surface area contributed by atoms with Crippen LogP contribution >= 0.6 is 23.4 Å². The zero-order valence-corrected chi connectivity index (χ0v) is 23.2. The quantitative estimate of drug-likeness (QED) is 0.367. The van der Waals surface area contributed by atoms with Gasteiger partial charge in [-0.2, -0.15) is 4.99 Å². The molecule has 0 aromatic heterocycles. The second-order valence-electron chi connectivity index (χ2n) is 9.35. The summed E-state index contributed by atoms with van der Waals surface area (Å²) in [5.74, 6) is 1.68. The second kappa shape index (κ2) is 13.8. The number of hydrogen-bond acceptors (Lipinski definition) is 4.